The Balaban J connectivity index is 1.58. The van der Waals surface area contributed by atoms with Crippen molar-refractivity contribution in [3.05, 3.63) is 59.0 Å². The van der Waals surface area contributed by atoms with Crippen molar-refractivity contribution in [3.8, 4) is 0 Å². The van der Waals surface area contributed by atoms with Crippen molar-refractivity contribution in [3.63, 3.8) is 0 Å². The van der Waals surface area contributed by atoms with Crippen LogP contribution in [0.2, 0.25) is 0 Å². The highest BCUT2D eigenvalue weighted by Gasteiger charge is 2.15. The summed E-state index contributed by atoms with van der Waals surface area (Å²) in [5.41, 5.74) is 4.25. The van der Waals surface area contributed by atoms with Crippen LogP contribution >= 0.6 is 0 Å². The molecule has 0 bridgehead atoms. The van der Waals surface area contributed by atoms with Gasteiger partial charge < -0.3 is 9.73 Å². The molecule has 0 saturated carbocycles. The summed E-state index contributed by atoms with van der Waals surface area (Å²) in [6, 6.07) is 11.0. The second kappa shape index (κ2) is 6.92. The summed E-state index contributed by atoms with van der Waals surface area (Å²) < 4.78 is 5.70. The Bertz CT molecular complexity index is 549. The van der Waals surface area contributed by atoms with Crippen LogP contribution in [0.25, 0.3) is 0 Å². The second-order valence-electron chi connectivity index (χ2n) is 5.75. The zero-order valence-electron chi connectivity index (χ0n) is 12.8. The number of furan rings is 1. The standard InChI is InChI=1S/C18H24N2O/c1-2-19-12-15-11-18(21-14-15)13-20-9-7-16-5-3-4-6-17(16)8-10-20/h3-6,11,14,19H,2,7-10,12-13H2,1H3. The van der Waals surface area contributed by atoms with Crippen LogP contribution in [-0.4, -0.2) is 24.5 Å². The van der Waals surface area contributed by atoms with E-state index < -0.39 is 0 Å². The molecule has 3 heteroatoms. The summed E-state index contributed by atoms with van der Waals surface area (Å²) in [6.07, 6.45) is 4.16. The maximum atomic E-state index is 5.70. The summed E-state index contributed by atoms with van der Waals surface area (Å²) in [7, 11) is 0. The molecule has 2 heterocycles. The van der Waals surface area contributed by atoms with E-state index in [1.54, 1.807) is 0 Å². The number of fused-ring (bicyclic) bond motifs is 1. The first-order valence-corrected chi connectivity index (χ1v) is 7.91. The highest BCUT2D eigenvalue weighted by molar-refractivity contribution is 5.28. The maximum absolute atomic E-state index is 5.70. The van der Waals surface area contributed by atoms with Crippen LogP contribution in [-0.2, 0) is 25.9 Å². The summed E-state index contributed by atoms with van der Waals surface area (Å²) in [5, 5.41) is 3.33. The molecular weight excluding hydrogens is 260 g/mol. The minimum atomic E-state index is 0.894. The van der Waals surface area contributed by atoms with Crippen LogP contribution in [0, 0.1) is 0 Å². The van der Waals surface area contributed by atoms with Crippen LogP contribution in [0.1, 0.15) is 29.4 Å². The molecule has 1 aliphatic heterocycles. The van der Waals surface area contributed by atoms with Crippen LogP contribution in [0.5, 0.6) is 0 Å². The van der Waals surface area contributed by atoms with Gasteiger partial charge in [-0.15, -0.1) is 0 Å². The van der Waals surface area contributed by atoms with E-state index in [1.165, 1.54) is 16.7 Å². The third-order valence-electron chi connectivity index (χ3n) is 4.18. The smallest absolute Gasteiger partial charge is 0.118 e. The van der Waals surface area contributed by atoms with Gasteiger partial charge in [0.2, 0.25) is 0 Å². The van der Waals surface area contributed by atoms with Crippen molar-refractivity contribution in [2.75, 3.05) is 19.6 Å². The number of nitrogens with one attached hydrogen (secondary N) is 1. The van der Waals surface area contributed by atoms with Gasteiger partial charge in [-0.25, -0.2) is 0 Å². The zero-order chi connectivity index (χ0) is 14.5. The van der Waals surface area contributed by atoms with Gasteiger partial charge in [0.25, 0.3) is 0 Å². The highest BCUT2D eigenvalue weighted by Crippen LogP contribution is 2.18. The SMILES string of the molecule is CCNCc1coc(CN2CCc3ccccc3CC2)c1. The first-order chi connectivity index (χ1) is 10.3. The largest absolute Gasteiger partial charge is 0.468 e. The third kappa shape index (κ3) is 3.74. The lowest BCUT2D eigenvalue weighted by Crippen LogP contribution is -2.25. The summed E-state index contributed by atoms with van der Waals surface area (Å²) in [4.78, 5) is 2.50. The average molecular weight is 284 g/mol. The second-order valence-corrected chi connectivity index (χ2v) is 5.75. The summed E-state index contributed by atoms with van der Waals surface area (Å²) in [5.74, 6) is 1.08. The fraction of sp³-hybridized carbons (Fsp3) is 0.444. The van der Waals surface area contributed by atoms with E-state index in [-0.39, 0.29) is 0 Å². The number of benzene rings is 1. The first kappa shape index (κ1) is 14.4. The topological polar surface area (TPSA) is 28.4 Å². The van der Waals surface area contributed by atoms with Gasteiger partial charge in [0.15, 0.2) is 0 Å². The van der Waals surface area contributed by atoms with Gasteiger partial charge >= 0.3 is 0 Å². The number of hydrogen-bond donors (Lipinski definition) is 1. The van der Waals surface area contributed by atoms with Gasteiger partial charge in [-0.2, -0.15) is 0 Å². The normalized spacial score (nSPS) is 15.7. The number of rotatable bonds is 5. The van der Waals surface area contributed by atoms with E-state index >= 15 is 0 Å². The molecule has 0 fully saturated rings. The van der Waals surface area contributed by atoms with E-state index in [4.69, 9.17) is 4.42 Å². The molecule has 2 aromatic rings. The fourth-order valence-electron chi connectivity index (χ4n) is 2.96. The fourth-order valence-corrected chi connectivity index (χ4v) is 2.96. The Morgan fingerprint density at radius 1 is 1.14 bits per heavy atom. The molecule has 21 heavy (non-hydrogen) atoms. The van der Waals surface area contributed by atoms with Crippen LogP contribution in [0.15, 0.2) is 41.0 Å². The summed E-state index contributed by atoms with van der Waals surface area (Å²) >= 11 is 0. The molecule has 3 rings (SSSR count). The summed E-state index contributed by atoms with van der Waals surface area (Å²) in [6.45, 7) is 7.15. The Morgan fingerprint density at radius 3 is 2.52 bits per heavy atom. The average Bonchev–Trinajstić information content (AvgIpc) is 2.86. The van der Waals surface area contributed by atoms with Gasteiger partial charge in [-0.3, -0.25) is 4.90 Å². The molecule has 1 N–H and O–H groups in total. The lowest BCUT2D eigenvalue weighted by atomic mass is 10.0. The Kier molecular flexibility index (Phi) is 4.73. The Labute approximate surface area is 127 Å². The van der Waals surface area contributed by atoms with E-state index in [9.17, 15) is 0 Å². The van der Waals surface area contributed by atoms with Crippen molar-refractivity contribution < 1.29 is 4.42 Å². The number of nitrogens with zero attached hydrogens (tertiary/aromatic N) is 1. The molecule has 0 saturated heterocycles. The maximum Gasteiger partial charge on any atom is 0.118 e. The molecule has 1 aliphatic rings. The number of hydrogen-bond acceptors (Lipinski definition) is 3. The predicted molar refractivity (Wildman–Crippen MR) is 85.2 cm³/mol. The molecular formula is C18H24N2O. The van der Waals surface area contributed by atoms with Gasteiger partial charge in [0, 0.05) is 25.2 Å². The van der Waals surface area contributed by atoms with Gasteiger partial charge in [0.05, 0.1) is 12.8 Å². The van der Waals surface area contributed by atoms with E-state index in [0.29, 0.717) is 0 Å². The third-order valence-corrected chi connectivity index (χ3v) is 4.18. The monoisotopic (exact) mass is 284 g/mol. The highest BCUT2D eigenvalue weighted by atomic mass is 16.3. The van der Waals surface area contributed by atoms with E-state index in [1.807, 2.05) is 6.26 Å². The molecule has 0 atom stereocenters. The van der Waals surface area contributed by atoms with E-state index in [2.05, 4.69) is 47.5 Å². The lowest BCUT2D eigenvalue weighted by Gasteiger charge is -2.17. The van der Waals surface area contributed by atoms with Crippen LogP contribution in [0.3, 0.4) is 0 Å². The van der Waals surface area contributed by atoms with Crippen molar-refractivity contribution in [2.45, 2.75) is 32.9 Å². The Hall–Kier alpha value is -1.58. The van der Waals surface area contributed by atoms with Crippen LogP contribution < -0.4 is 5.32 Å². The minimum Gasteiger partial charge on any atom is -0.468 e. The van der Waals surface area contributed by atoms with E-state index in [0.717, 1.165) is 51.3 Å². The predicted octanol–water partition coefficient (Wildman–Crippen LogP) is 2.99. The lowest BCUT2D eigenvalue weighted by molar-refractivity contribution is 0.255. The van der Waals surface area contributed by atoms with Gasteiger partial charge in [-0.1, -0.05) is 31.2 Å². The quantitative estimate of drug-likeness (QED) is 0.915. The van der Waals surface area contributed by atoms with Crippen molar-refractivity contribution in [1.29, 1.82) is 0 Å². The molecule has 112 valence electrons. The molecule has 0 radical (unpaired) electrons. The minimum absolute atomic E-state index is 0.894. The molecule has 1 aromatic heterocycles. The molecule has 0 spiro atoms. The van der Waals surface area contributed by atoms with Gasteiger partial charge in [-0.05, 0) is 36.6 Å². The van der Waals surface area contributed by atoms with Crippen molar-refractivity contribution in [1.82, 2.24) is 10.2 Å². The Morgan fingerprint density at radius 2 is 1.86 bits per heavy atom. The molecule has 3 nitrogen and oxygen atoms in total. The molecule has 1 aromatic carbocycles. The van der Waals surface area contributed by atoms with Gasteiger partial charge in [0.1, 0.15) is 5.76 Å². The van der Waals surface area contributed by atoms with Crippen molar-refractivity contribution >= 4 is 0 Å². The first-order valence-electron chi connectivity index (χ1n) is 7.91. The van der Waals surface area contributed by atoms with Crippen LogP contribution in [0.4, 0.5) is 0 Å². The molecule has 0 unspecified atom stereocenters. The molecule has 0 amide bonds. The van der Waals surface area contributed by atoms with Crippen molar-refractivity contribution in [2.24, 2.45) is 0 Å². The zero-order valence-corrected chi connectivity index (χ0v) is 12.8. The molecule has 0 aliphatic carbocycles.